The standard InChI is InChI=1S/C17H20F2N2O4/c18-13-5-4-12(8-14(13)19)17(25)20-9-15(22)21-7-1-2-11(10-21)3-6-16(23)24/h4-5,8,11H,1-3,6-7,9-10H2,(H,20,25)(H,23,24). The van der Waals surface area contributed by atoms with Crippen LogP contribution in [0, 0.1) is 17.6 Å². The molecule has 0 radical (unpaired) electrons. The molecule has 25 heavy (non-hydrogen) atoms. The summed E-state index contributed by atoms with van der Waals surface area (Å²) in [5.41, 5.74) is -0.0651. The van der Waals surface area contributed by atoms with Gasteiger partial charge in [-0.05, 0) is 43.4 Å². The van der Waals surface area contributed by atoms with Crippen LogP contribution in [0.25, 0.3) is 0 Å². The number of carboxylic acids is 1. The van der Waals surface area contributed by atoms with Crippen LogP contribution >= 0.6 is 0 Å². The fourth-order valence-corrected chi connectivity index (χ4v) is 2.86. The number of nitrogens with one attached hydrogen (secondary N) is 1. The first-order chi connectivity index (χ1) is 11.9. The Morgan fingerprint density at radius 1 is 1.24 bits per heavy atom. The third-order valence-corrected chi connectivity index (χ3v) is 4.22. The minimum atomic E-state index is -1.13. The van der Waals surface area contributed by atoms with Crippen molar-refractivity contribution in [2.75, 3.05) is 19.6 Å². The van der Waals surface area contributed by atoms with Gasteiger partial charge in [0.25, 0.3) is 5.91 Å². The van der Waals surface area contributed by atoms with Gasteiger partial charge < -0.3 is 15.3 Å². The number of halogens is 2. The third-order valence-electron chi connectivity index (χ3n) is 4.22. The topological polar surface area (TPSA) is 86.7 Å². The number of piperidine rings is 1. The summed E-state index contributed by atoms with van der Waals surface area (Å²) in [4.78, 5) is 36.3. The van der Waals surface area contributed by atoms with Crippen molar-refractivity contribution >= 4 is 17.8 Å². The quantitative estimate of drug-likeness (QED) is 0.816. The van der Waals surface area contributed by atoms with Gasteiger partial charge in [-0.1, -0.05) is 0 Å². The van der Waals surface area contributed by atoms with Crippen LogP contribution in [0.3, 0.4) is 0 Å². The highest BCUT2D eigenvalue weighted by Gasteiger charge is 2.24. The number of benzene rings is 1. The average molecular weight is 354 g/mol. The van der Waals surface area contributed by atoms with Crippen LogP contribution in [0.15, 0.2) is 18.2 Å². The first-order valence-corrected chi connectivity index (χ1v) is 8.09. The Kier molecular flexibility index (Phi) is 6.44. The summed E-state index contributed by atoms with van der Waals surface area (Å²) >= 11 is 0. The van der Waals surface area contributed by atoms with E-state index in [9.17, 15) is 23.2 Å². The Hall–Kier alpha value is -2.51. The summed E-state index contributed by atoms with van der Waals surface area (Å²) in [6.07, 6.45) is 2.24. The molecule has 1 heterocycles. The molecule has 0 spiro atoms. The van der Waals surface area contributed by atoms with Gasteiger partial charge in [0.05, 0.1) is 6.54 Å². The van der Waals surface area contributed by atoms with Crippen molar-refractivity contribution in [2.24, 2.45) is 5.92 Å². The van der Waals surface area contributed by atoms with Crippen molar-refractivity contribution in [3.05, 3.63) is 35.4 Å². The van der Waals surface area contributed by atoms with Crippen LogP contribution in [-0.2, 0) is 9.59 Å². The van der Waals surface area contributed by atoms with E-state index in [0.717, 1.165) is 31.0 Å². The minimum Gasteiger partial charge on any atom is -0.481 e. The molecule has 1 unspecified atom stereocenters. The van der Waals surface area contributed by atoms with E-state index in [-0.39, 0.29) is 30.4 Å². The van der Waals surface area contributed by atoms with Gasteiger partial charge in [0.15, 0.2) is 11.6 Å². The summed E-state index contributed by atoms with van der Waals surface area (Å²) in [6.45, 7) is 0.778. The maximum atomic E-state index is 13.1. The van der Waals surface area contributed by atoms with E-state index in [1.165, 1.54) is 0 Å². The van der Waals surface area contributed by atoms with Gasteiger partial charge in [-0.3, -0.25) is 14.4 Å². The molecule has 2 rings (SSSR count). The van der Waals surface area contributed by atoms with Crippen LogP contribution in [0.2, 0.25) is 0 Å². The predicted octanol–water partition coefficient (Wildman–Crippen LogP) is 1.80. The smallest absolute Gasteiger partial charge is 0.303 e. The van der Waals surface area contributed by atoms with Gasteiger partial charge in [0.1, 0.15) is 0 Å². The lowest BCUT2D eigenvalue weighted by Gasteiger charge is -2.32. The molecule has 6 nitrogen and oxygen atoms in total. The van der Waals surface area contributed by atoms with Gasteiger partial charge in [0.2, 0.25) is 5.91 Å². The Morgan fingerprint density at radius 2 is 2.00 bits per heavy atom. The normalized spacial score (nSPS) is 17.2. The Bertz CT molecular complexity index is 666. The van der Waals surface area contributed by atoms with Crippen molar-refractivity contribution in [3.63, 3.8) is 0 Å². The highest BCUT2D eigenvalue weighted by Crippen LogP contribution is 2.21. The zero-order valence-corrected chi connectivity index (χ0v) is 13.6. The zero-order valence-electron chi connectivity index (χ0n) is 13.6. The number of carboxylic acid groups (broad SMARTS) is 1. The molecule has 1 fully saturated rings. The number of carbonyl (C=O) groups excluding carboxylic acids is 2. The van der Waals surface area contributed by atoms with Crippen molar-refractivity contribution in [1.82, 2.24) is 10.2 Å². The lowest BCUT2D eigenvalue weighted by molar-refractivity contribution is -0.137. The fraction of sp³-hybridized carbons (Fsp3) is 0.471. The number of amides is 2. The number of rotatable bonds is 6. The molecule has 0 saturated carbocycles. The highest BCUT2D eigenvalue weighted by molar-refractivity contribution is 5.96. The fourth-order valence-electron chi connectivity index (χ4n) is 2.86. The summed E-state index contributed by atoms with van der Waals surface area (Å²) in [6, 6.07) is 2.77. The van der Waals surface area contributed by atoms with Gasteiger partial charge in [-0.15, -0.1) is 0 Å². The molecular weight excluding hydrogens is 334 g/mol. The predicted molar refractivity (Wildman–Crippen MR) is 84.9 cm³/mol. The maximum Gasteiger partial charge on any atom is 0.303 e. The van der Waals surface area contributed by atoms with Gasteiger partial charge in [0, 0.05) is 25.1 Å². The minimum absolute atomic E-state index is 0.0651. The number of hydrogen-bond acceptors (Lipinski definition) is 3. The van der Waals surface area contributed by atoms with Crippen molar-refractivity contribution < 1.29 is 28.3 Å². The van der Waals surface area contributed by atoms with E-state index >= 15 is 0 Å². The average Bonchev–Trinajstić information content (AvgIpc) is 2.60. The number of hydrogen-bond donors (Lipinski definition) is 2. The SMILES string of the molecule is O=C(O)CCC1CCCN(C(=O)CNC(=O)c2ccc(F)c(F)c2)C1. The van der Waals surface area contributed by atoms with E-state index in [1.807, 2.05) is 0 Å². The molecule has 2 amide bonds. The van der Waals surface area contributed by atoms with Gasteiger partial charge in [-0.25, -0.2) is 8.78 Å². The largest absolute Gasteiger partial charge is 0.481 e. The Morgan fingerprint density at radius 3 is 2.68 bits per heavy atom. The zero-order chi connectivity index (χ0) is 18.4. The van der Waals surface area contributed by atoms with Crippen LogP contribution in [-0.4, -0.2) is 47.4 Å². The highest BCUT2D eigenvalue weighted by atomic mass is 19.2. The second-order valence-electron chi connectivity index (χ2n) is 6.09. The molecule has 0 bridgehead atoms. The van der Waals surface area contributed by atoms with Gasteiger partial charge in [-0.2, -0.15) is 0 Å². The molecule has 1 aromatic rings. The van der Waals surface area contributed by atoms with E-state index in [0.29, 0.717) is 19.5 Å². The second-order valence-corrected chi connectivity index (χ2v) is 6.09. The van der Waals surface area contributed by atoms with Crippen LogP contribution in [0.1, 0.15) is 36.0 Å². The first-order valence-electron chi connectivity index (χ1n) is 8.09. The summed E-state index contributed by atoms with van der Waals surface area (Å²) in [5, 5.41) is 11.1. The molecular formula is C17H20F2N2O4. The summed E-state index contributed by atoms with van der Waals surface area (Å²) < 4.78 is 26.0. The van der Waals surface area contributed by atoms with Crippen LogP contribution in [0.5, 0.6) is 0 Å². The van der Waals surface area contributed by atoms with E-state index < -0.39 is 23.5 Å². The lowest BCUT2D eigenvalue weighted by Crippen LogP contribution is -2.45. The number of aliphatic carboxylic acids is 1. The van der Waals surface area contributed by atoms with Crippen molar-refractivity contribution in [2.45, 2.75) is 25.7 Å². The van der Waals surface area contributed by atoms with E-state index in [2.05, 4.69) is 5.32 Å². The Labute approximate surface area is 143 Å². The molecule has 0 aromatic heterocycles. The summed E-state index contributed by atoms with van der Waals surface area (Å²) in [7, 11) is 0. The molecule has 2 N–H and O–H groups in total. The summed E-state index contributed by atoms with van der Waals surface area (Å²) in [5.74, 6) is -3.84. The molecule has 8 heteroatoms. The molecule has 136 valence electrons. The number of nitrogens with zero attached hydrogens (tertiary/aromatic N) is 1. The van der Waals surface area contributed by atoms with Crippen molar-refractivity contribution in [3.8, 4) is 0 Å². The van der Waals surface area contributed by atoms with Crippen LogP contribution in [0.4, 0.5) is 8.78 Å². The molecule has 1 aromatic carbocycles. The van der Waals surface area contributed by atoms with Crippen molar-refractivity contribution in [1.29, 1.82) is 0 Å². The third kappa shape index (κ3) is 5.51. The lowest BCUT2D eigenvalue weighted by atomic mass is 9.93. The molecule has 1 saturated heterocycles. The number of carbonyl (C=O) groups is 3. The van der Waals surface area contributed by atoms with E-state index in [1.54, 1.807) is 4.90 Å². The monoisotopic (exact) mass is 354 g/mol. The van der Waals surface area contributed by atoms with E-state index in [4.69, 9.17) is 5.11 Å². The molecule has 0 aliphatic carbocycles. The van der Waals surface area contributed by atoms with Crippen LogP contribution < -0.4 is 5.32 Å². The van der Waals surface area contributed by atoms with Gasteiger partial charge >= 0.3 is 5.97 Å². The Balaban J connectivity index is 1.83. The molecule has 1 aliphatic rings. The molecule has 1 aliphatic heterocycles. The number of likely N-dealkylation sites (tertiary alicyclic amines) is 1. The maximum absolute atomic E-state index is 13.1. The molecule has 1 atom stereocenters. The second kappa shape index (κ2) is 8.55. The first kappa shape index (κ1) is 18.8.